The number of methoxy groups -OCH3 is 3. The van der Waals surface area contributed by atoms with Gasteiger partial charge in [-0.15, -0.1) is 0 Å². The van der Waals surface area contributed by atoms with Crippen LogP contribution in [-0.2, 0) is 9.53 Å². The summed E-state index contributed by atoms with van der Waals surface area (Å²) < 4.78 is 16.5. The van der Waals surface area contributed by atoms with Gasteiger partial charge in [0.2, 0.25) is 0 Å². The third-order valence-electron chi connectivity index (χ3n) is 10.4. The first-order valence-corrected chi connectivity index (χ1v) is 14.4. The molecule has 4 nitrogen and oxygen atoms in total. The Morgan fingerprint density at radius 2 is 1.54 bits per heavy atom. The van der Waals surface area contributed by atoms with Crippen molar-refractivity contribution in [3.8, 4) is 11.5 Å². The predicted octanol–water partition coefficient (Wildman–Crippen LogP) is 8.26. The molecule has 3 aliphatic rings. The van der Waals surface area contributed by atoms with Crippen LogP contribution in [0.15, 0.2) is 66.3 Å². The van der Waals surface area contributed by atoms with Crippen LogP contribution in [0.4, 0.5) is 0 Å². The molecule has 5 atom stereocenters. The maximum absolute atomic E-state index is 13.0. The Hall–Kier alpha value is -3.01. The molecule has 2 fully saturated rings. The lowest BCUT2D eigenvalue weighted by Gasteiger charge is -2.58. The number of hydrogen-bond acceptors (Lipinski definition) is 4. The van der Waals surface area contributed by atoms with Crippen LogP contribution in [0, 0.1) is 28.1 Å². The Morgan fingerprint density at radius 1 is 0.897 bits per heavy atom. The number of carbonyl (C=O) groups is 1. The number of carbonyl (C=O) groups excluding carboxylic acids is 1. The van der Waals surface area contributed by atoms with E-state index >= 15 is 0 Å². The summed E-state index contributed by atoms with van der Waals surface area (Å²) in [6.45, 7) is 7.04. The van der Waals surface area contributed by atoms with E-state index < -0.39 is 5.41 Å². The second-order valence-electron chi connectivity index (χ2n) is 12.8. The van der Waals surface area contributed by atoms with Crippen LogP contribution in [0.25, 0.3) is 5.57 Å². The zero-order chi connectivity index (χ0) is 27.8. The van der Waals surface area contributed by atoms with E-state index in [9.17, 15) is 4.79 Å². The fraction of sp³-hybridized carbons (Fsp3) is 0.514. The lowest BCUT2D eigenvalue weighted by molar-refractivity contribution is -0.166. The van der Waals surface area contributed by atoms with Crippen molar-refractivity contribution in [1.82, 2.24) is 0 Å². The lowest BCUT2D eigenvalue weighted by Crippen LogP contribution is -2.54. The van der Waals surface area contributed by atoms with Crippen LogP contribution in [0.3, 0.4) is 0 Å². The van der Waals surface area contributed by atoms with Crippen molar-refractivity contribution in [3.05, 3.63) is 77.4 Å². The van der Waals surface area contributed by atoms with Gasteiger partial charge in [-0.05, 0) is 109 Å². The highest BCUT2D eigenvalue weighted by Crippen LogP contribution is 2.64. The van der Waals surface area contributed by atoms with Crippen LogP contribution >= 0.6 is 0 Å². The van der Waals surface area contributed by atoms with E-state index in [0.717, 1.165) is 61.2 Å². The summed E-state index contributed by atoms with van der Waals surface area (Å²) in [6.07, 6.45) is 12.5. The molecule has 5 rings (SSSR count). The van der Waals surface area contributed by atoms with Gasteiger partial charge in [0.25, 0.3) is 0 Å². The van der Waals surface area contributed by atoms with Crippen molar-refractivity contribution in [2.75, 3.05) is 21.3 Å². The molecule has 39 heavy (non-hydrogen) atoms. The summed E-state index contributed by atoms with van der Waals surface area (Å²) in [4.78, 5) is 13.0. The summed E-state index contributed by atoms with van der Waals surface area (Å²) >= 11 is 0. The molecule has 0 saturated heterocycles. The summed E-state index contributed by atoms with van der Waals surface area (Å²) in [5.41, 5.74) is 4.87. The van der Waals surface area contributed by atoms with Crippen molar-refractivity contribution in [2.45, 2.75) is 65.7 Å². The van der Waals surface area contributed by atoms with E-state index in [1.54, 1.807) is 26.9 Å². The van der Waals surface area contributed by atoms with Gasteiger partial charge in [-0.2, -0.15) is 0 Å². The fourth-order valence-electron chi connectivity index (χ4n) is 8.30. The van der Waals surface area contributed by atoms with Crippen molar-refractivity contribution in [1.29, 1.82) is 0 Å². The number of allylic oxidation sites excluding steroid dienone is 3. The number of fused-ring (bicyclic) bond motifs is 3. The molecule has 0 heterocycles. The Kier molecular flexibility index (Phi) is 7.43. The largest absolute Gasteiger partial charge is 0.497 e. The molecular formula is C35H44O4. The van der Waals surface area contributed by atoms with Gasteiger partial charge in [0.15, 0.2) is 0 Å². The SMILES string of the molecule is COC(=O)[C@]1(C)CCC[C@@]2(C)[C@H]1CC=C1C[C@@](C)(C=C(c3cccc(OC)c3)c3cccc(OC)c3)CC[C@@H]12. The molecule has 208 valence electrons. The van der Waals surface area contributed by atoms with Gasteiger partial charge in [0.1, 0.15) is 11.5 Å². The lowest BCUT2D eigenvalue weighted by atomic mass is 9.45. The summed E-state index contributed by atoms with van der Waals surface area (Å²) in [7, 11) is 4.98. The summed E-state index contributed by atoms with van der Waals surface area (Å²) in [6, 6.07) is 16.7. The average Bonchev–Trinajstić information content (AvgIpc) is 2.95. The smallest absolute Gasteiger partial charge is 0.311 e. The minimum absolute atomic E-state index is 0.0212. The molecule has 3 aliphatic carbocycles. The van der Waals surface area contributed by atoms with E-state index in [0.29, 0.717) is 11.8 Å². The number of esters is 1. The Bertz CT molecular complexity index is 1240. The number of benzene rings is 2. The maximum Gasteiger partial charge on any atom is 0.311 e. The quantitative estimate of drug-likeness (QED) is 0.280. The molecule has 0 unspecified atom stereocenters. The van der Waals surface area contributed by atoms with Crippen molar-refractivity contribution in [3.63, 3.8) is 0 Å². The second kappa shape index (κ2) is 10.5. The van der Waals surface area contributed by atoms with Crippen molar-refractivity contribution in [2.24, 2.45) is 28.1 Å². The van der Waals surface area contributed by atoms with Gasteiger partial charge in [0.05, 0.1) is 26.7 Å². The normalized spacial score (nSPS) is 31.7. The van der Waals surface area contributed by atoms with E-state index in [1.807, 2.05) is 12.1 Å². The molecule has 2 aromatic rings. The van der Waals surface area contributed by atoms with Crippen LogP contribution in [0.5, 0.6) is 11.5 Å². The third-order valence-corrected chi connectivity index (χ3v) is 10.4. The van der Waals surface area contributed by atoms with Crippen molar-refractivity contribution < 1.29 is 19.0 Å². The summed E-state index contributed by atoms with van der Waals surface area (Å²) in [5, 5.41) is 0. The Morgan fingerprint density at radius 3 is 2.13 bits per heavy atom. The topological polar surface area (TPSA) is 44.8 Å². The standard InChI is InChI=1S/C35H44O4/c1-33(23-29(24-10-7-12-27(20-24)37-4)25-11-8-13-28(21-25)38-5)19-16-30-26(22-33)14-15-31-34(30,2)17-9-18-35(31,3)32(36)39-6/h7-8,10-14,20-21,23,30-31H,9,15-19,22H2,1-6H3/t30-,31+,33-,34+,35+/m0/s1. The van der Waals surface area contributed by atoms with Gasteiger partial charge in [-0.1, -0.05) is 62.3 Å². The minimum atomic E-state index is -0.393. The molecule has 0 aromatic heterocycles. The molecule has 0 aliphatic heterocycles. The van der Waals surface area contributed by atoms with Gasteiger partial charge in [0, 0.05) is 0 Å². The molecule has 0 amide bonds. The molecular weight excluding hydrogens is 484 g/mol. The first-order valence-electron chi connectivity index (χ1n) is 14.4. The molecule has 0 bridgehead atoms. The molecule has 4 heteroatoms. The molecule has 0 spiro atoms. The van der Waals surface area contributed by atoms with Gasteiger partial charge >= 0.3 is 5.97 Å². The first-order chi connectivity index (χ1) is 18.7. The van der Waals surface area contributed by atoms with Crippen LogP contribution < -0.4 is 9.47 Å². The number of hydrogen-bond donors (Lipinski definition) is 0. The maximum atomic E-state index is 13.0. The highest BCUT2D eigenvalue weighted by Gasteiger charge is 2.58. The molecule has 2 saturated carbocycles. The van der Waals surface area contributed by atoms with Crippen LogP contribution in [0.2, 0.25) is 0 Å². The van der Waals surface area contributed by atoms with E-state index in [2.05, 4.69) is 69.3 Å². The number of rotatable bonds is 6. The van der Waals surface area contributed by atoms with E-state index in [-0.39, 0.29) is 16.8 Å². The van der Waals surface area contributed by atoms with Crippen molar-refractivity contribution >= 4 is 11.5 Å². The summed E-state index contributed by atoms with van der Waals surface area (Å²) in [5.74, 6) is 2.55. The first kappa shape index (κ1) is 27.6. The van der Waals surface area contributed by atoms with E-state index in [1.165, 1.54) is 12.0 Å². The van der Waals surface area contributed by atoms with Gasteiger partial charge < -0.3 is 14.2 Å². The fourth-order valence-corrected chi connectivity index (χ4v) is 8.30. The van der Waals surface area contributed by atoms with Crippen LogP contribution in [0.1, 0.15) is 76.8 Å². The molecule has 0 radical (unpaired) electrons. The average molecular weight is 529 g/mol. The number of ether oxygens (including phenoxy) is 3. The van der Waals surface area contributed by atoms with Gasteiger partial charge in [-0.25, -0.2) is 0 Å². The Balaban J connectivity index is 1.52. The zero-order valence-corrected chi connectivity index (χ0v) is 24.5. The zero-order valence-electron chi connectivity index (χ0n) is 24.5. The molecule has 0 N–H and O–H groups in total. The van der Waals surface area contributed by atoms with Gasteiger partial charge in [-0.3, -0.25) is 4.79 Å². The monoisotopic (exact) mass is 528 g/mol. The second-order valence-corrected chi connectivity index (χ2v) is 12.8. The van der Waals surface area contributed by atoms with E-state index in [4.69, 9.17) is 14.2 Å². The van der Waals surface area contributed by atoms with Crippen LogP contribution in [-0.4, -0.2) is 27.3 Å². The molecule has 2 aromatic carbocycles. The predicted molar refractivity (Wildman–Crippen MR) is 157 cm³/mol. The highest BCUT2D eigenvalue weighted by molar-refractivity contribution is 5.81. The Labute approximate surface area is 234 Å². The highest BCUT2D eigenvalue weighted by atomic mass is 16.5. The third kappa shape index (κ3) is 4.92. The minimum Gasteiger partial charge on any atom is -0.497 e.